The van der Waals surface area contributed by atoms with E-state index in [1.54, 1.807) is 6.92 Å². The molecule has 0 saturated heterocycles. The third kappa shape index (κ3) is 4.31. The summed E-state index contributed by atoms with van der Waals surface area (Å²) in [5.41, 5.74) is 0.161. The van der Waals surface area contributed by atoms with Crippen LogP contribution < -0.4 is 5.56 Å². The molecule has 1 aromatic carbocycles. The van der Waals surface area contributed by atoms with Crippen LogP contribution >= 0.6 is 23.5 Å². The summed E-state index contributed by atoms with van der Waals surface area (Å²) in [5, 5.41) is 4.35. The molecule has 1 aromatic heterocycles. The van der Waals surface area contributed by atoms with Crippen molar-refractivity contribution in [2.75, 3.05) is 7.05 Å². The fourth-order valence-electron chi connectivity index (χ4n) is 2.18. The third-order valence-electron chi connectivity index (χ3n) is 3.33. The second-order valence-electron chi connectivity index (χ2n) is 5.19. The van der Waals surface area contributed by atoms with E-state index in [9.17, 15) is 18.0 Å². The molecule has 0 bridgehead atoms. The number of aryl methyl sites for hydroxylation is 2. The highest BCUT2D eigenvalue weighted by Gasteiger charge is 2.44. The van der Waals surface area contributed by atoms with E-state index in [0.29, 0.717) is 15.6 Å². The molecular formula is C15H15ClF3N3OS. The Balaban J connectivity index is 2.36. The van der Waals surface area contributed by atoms with Crippen molar-refractivity contribution >= 4 is 23.5 Å². The predicted octanol–water partition coefficient (Wildman–Crippen LogP) is 3.98. The molecule has 0 fully saturated rings. The molecule has 9 heteroatoms. The summed E-state index contributed by atoms with van der Waals surface area (Å²) in [6.07, 6.45) is -4.49. The average molecular weight is 378 g/mol. The van der Waals surface area contributed by atoms with Crippen LogP contribution in [0.4, 0.5) is 13.2 Å². The van der Waals surface area contributed by atoms with Gasteiger partial charge in [-0.2, -0.15) is 18.3 Å². The molecule has 0 N–H and O–H groups in total. The summed E-state index contributed by atoms with van der Waals surface area (Å²) in [6.45, 7) is 1.64. The Kier molecular flexibility index (Phi) is 5.62. The summed E-state index contributed by atoms with van der Waals surface area (Å²) in [6, 6.07) is 4.94. The topological polar surface area (TPSA) is 38.1 Å². The van der Waals surface area contributed by atoms with Gasteiger partial charge in [0.1, 0.15) is 6.04 Å². The van der Waals surface area contributed by atoms with Gasteiger partial charge in [0.05, 0.1) is 10.6 Å². The third-order valence-corrected chi connectivity index (χ3v) is 4.69. The fourth-order valence-corrected chi connectivity index (χ4v) is 3.29. The maximum absolute atomic E-state index is 13.5. The molecule has 2 aromatic rings. The van der Waals surface area contributed by atoms with E-state index in [1.165, 1.54) is 44.4 Å². The van der Waals surface area contributed by atoms with E-state index in [4.69, 9.17) is 11.6 Å². The van der Waals surface area contributed by atoms with Crippen LogP contribution in [-0.2, 0) is 7.05 Å². The number of halogens is 4. The normalized spacial score (nSPS) is 13.3. The molecule has 0 unspecified atom stereocenters. The lowest BCUT2D eigenvalue weighted by Gasteiger charge is -2.29. The summed E-state index contributed by atoms with van der Waals surface area (Å²) in [7, 11) is 2.81. The van der Waals surface area contributed by atoms with Gasteiger partial charge < -0.3 is 0 Å². The lowest BCUT2D eigenvalue weighted by molar-refractivity contribution is -0.169. The summed E-state index contributed by atoms with van der Waals surface area (Å²) in [5.74, 6) is 0. The number of aromatic nitrogens is 2. The van der Waals surface area contributed by atoms with Gasteiger partial charge in [-0.1, -0.05) is 23.7 Å². The minimum atomic E-state index is -4.49. The zero-order valence-electron chi connectivity index (χ0n) is 13.1. The van der Waals surface area contributed by atoms with Crippen LogP contribution in [0, 0.1) is 6.92 Å². The lowest BCUT2D eigenvalue weighted by atomic mass is 10.1. The van der Waals surface area contributed by atoms with E-state index < -0.39 is 12.2 Å². The van der Waals surface area contributed by atoms with Crippen molar-refractivity contribution in [3.8, 4) is 0 Å². The zero-order chi connectivity index (χ0) is 18.1. The Morgan fingerprint density at radius 3 is 2.42 bits per heavy atom. The maximum Gasteiger partial charge on any atom is 0.408 e. The van der Waals surface area contributed by atoms with Crippen LogP contribution in [0.3, 0.4) is 0 Å². The first-order valence-corrected chi connectivity index (χ1v) is 8.02. The van der Waals surface area contributed by atoms with Crippen molar-refractivity contribution < 1.29 is 13.2 Å². The molecule has 130 valence electrons. The van der Waals surface area contributed by atoms with E-state index in [0.717, 1.165) is 20.9 Å². The van der Waals surface area contributed by atoms with E-state index in [-0.39, 0.29) is 11.1 Å². The summed E-state index contributed by atoms with van der Waals surface area (Å²) in [4.78, 5) is 12.1. The molecule has 24 heavy (non-hydrogen) atoms. The van der Waals surface area contributed by atoms with Gasteiger partial charge >= 0.3 is 6.18 Å². The van der Waals surface area contributed by atoms with Crippen molar-refractivity contribution in [1.82, 2.24) is 14.1 Å². The van der Waals surface area contributed by atoms with Gasteiger partial charge in [-0.15, -0.1) is 0 Å². The molecule has 0 aliphatic rings. The zero-order valence-corrected chi connectivity index (χ0v) is 14.7. The quantitative estimate of drug-likeness (QED) is 0.755. The molecule has 0 aliphatic carbocycles. The molecule has 4 nitrogen and oxygen atoms in total. The van der Waals surface area contributed by atoms with Gasteiger partial charge in [0.2, 0.25) is 0 Å². The number of alkyl halides is 3. The van der Waals surface area contributed by atoms with Crippen LogP contribution in [-0.4, -0.2) is 27.3 Å². The summed E-state index contributed by atoms with van der Waals surface area (Å²) >= 11 is 6.58. The number of hydrogen-bond donors (Lipinski definition) is 0. The van der Waals surface area contributed by atoms with Gasteiger partial charge in [-0.3, -0.25) is 4.79 Å². The Labute approximate surface area is 146 Å². The van der Waals surface area contributed by atoms with Crippen LogP contribution in [0.15, 0.2) is 40.0 Å². The fraction of sp³-hybridized carbons (Fsp3) is 0.333. The van der Waals surface area contributed by atoms with Crippen molar-refractivity contribution in [3.05, 3.63) is 57.0 Å². The molecule has 1 atom stereocenters. The van der Waals surface area contributed by atoms with E-state index in [2.05, 4.69) is 5.10 Å². The van der Waals surface area contributed by atoms with Crippen molar-refractivity contribution in [1.29, 1.82) is 0 Å². The first kappa shape index (κ1) is 18.8. The maximum atomic E-state index is 13.5. The second-order valence-corrected chi connectivity index (χ2v) is 6.82. The first-order valence-electron chi connectivity index (χ1n) is 6.87. The molecule has 1 heterocycles. The Morgan fingerprint density at radius 2 is 1.88 bits per heavy atom. The van der Waals surface area contributed by atoms with Crippen LogP contribution in [0.1, 0.15) is 17.3 Å². The van der Waals surface area contributed by atoms with Crippen molar-refractivity contribution in [2.24, 2.45) is 7.05 Å². The standard InChI is InChI=1S/C15H15ClF3N3OS/c1-9-12(8-13(23)21(2)20-9)24-22(3)14(15(17,18)19)10-4-6-11(16)7-5-10/h4-8,14H,1-3H3/t14-/m1/s1. The number of hydrogen-bond acceptors (Lipinski definition) is 4. The van der Waals surface area contributed by atoms with E-state index >= 15 is 0 Å². The minimum absolute atomic E-state index is 0.0661. The number of nitrogens with zero attached hydrogens (tertiary/aromatic N) is 3. The van der Waals surface area contributed by atoms with Gasteiger partial charge in [0, 0.05) is 18.1 Å². The Morgan fingerprint density at radius 1 is 1.29 bits per heavy atom. The summed E-state index contributed by atoms with van der Waals surface area (Å²) < 4.78 is 42.8. The number of benzene rings is 1. The van der Waals surface area contributed by atoms with Gasteiger partial charge in [0.25, 0.3) is 5.56 Å². The highest BCUT2D eigenvalue weighted by molar-refractivity contribution is 7.97. The van der Waals surface area contributed by atoms with Gasteiger partial charge in [-0.05, 0) is 43.6 Å². The SMILES string of the molecule is Cc1nn(C)c(=O)cc1SN(C)[C@H](c1ccc(Cl)cc1)C(F)(F)F. The first-order chi connectivity index (χ1) is 11.1. The molecule has 0 saturated carbocycles. The van der Waals surface area contributed by atoms with Crippen LogP contribution in [0.2, 0.25) is 5.02 Å². The lowest BCUT2D eigenvalue weighted by Crippen LogP contribution is -2.32. The largest absolute Gasteiger partial charge is 0.408 e. The second kappa shape index (κ2) is 7.16. The Hall–Kier alpha value is -1.51. The molecular weight excluding hydrogens is 363 g/mol. The smallest absolute Gasteiger partial charge is 0.268 e. The van der Waals surface area contributed by atoms with Crippen LogP contribution in [0.5, 0.6) is 0 Å². The molecule has 0 amide bonds. The highest BCUT2D eigenvalue weighted by atomic mass is 35.5. The van der Waals surface area contributed by atoms with E-state index in [1.807, 2.05) is 0 Å². The van der Waals surface area contributed by atoms with Crippen molar-refractivity contribution in [2.45, 2.75) is 24.0 Å². The van der Waals surface area contributed by atoms with Crippen molar-refractivity contribution in [3.63, 3.8) is 0 Å². The molecule has 2 rings (SSSR count). The predicted molar refractivity (Wildman–Crippen MR) is 88.1 cm³/mol. The van der Waals surface area contributed by atoms with Crippen LogP contribution in [0.25, 0.3) is 0 Å². The molecule has 0 aliphatic heterocycles. The molecule has 0 spiro atoms. The minimum Gasteiger partial charge on any atom is -0.268 e. The number of rotatable bonds is 4. The monoisotopic (exact) mass is 377 g/mol. The molecule has 0 radical (unpaired) electrons. The highest BCUT2D eigenvalue weighted by Crippen LogP contribution is 2.42. The Bertz CT molecular complexity index is 777. The van der Waals surface area contributed by atoms with Gasteiger partial charge in [-0.25, -0.2) is 8.99 Å². The van der Waals surface area contributed by atoms with Gasteiger partial charge in [0.15, 0.2) is 0 Å². The average Bonchev–Trinajstić information content (AvgIpc) is 2.45.